The number of unbranched alkanes of at least 4 members (excludes halogenated alkanes) is 3. The van der Waals surface area contributed by atoms with Crippen molar-refractivity contribution in [3.63, 3.8) is 0 Å². The van der Waals surface area contributed by atoms with Gasteiger partial charge in [-0.1, -0.05) is 74.7 Å². The third kappa shape index (κ3) is 5.82. The predicted molar refractivity (Wildman–Crippen MR) is 130 cm³/mol. The molecule has 5 heteroatoms. The Morgan fingerprint density at radius 3 is 2.47 bits per heavy atom. The standard InChI is InChI=1S/C29H32O5/c1-2-3-4-8-11-23(30)16-17-24-25-18-28(31)33-27(25)19-26(24)34-29(32)22-14-12-21(13-15-22)20-9-6-5-7-10-20/h5-7,9-10,12-17,24-27H,2-4,8,11,18-19H2,1H3/b17-16+. The van der Waals surface area contributed by atoms with Crippen molar-refractivity contribution in [2.45, 2.75) is 64.1 Å². The van der Waals surface area contributed by atoms with Gasteiger partial charge in [0.2, 0.25) is 0 Å². The molecule has 34 heavy (non-hydrogen) atoms. The number of esters is 2. The van der Waals surface area contributed by atoms with Crippen molar-refractivity contribution in [3.05, 3.63) is 72.3 Å². The fourth-order valence-electron chi connectivity index (χ4n) is 4.95. The van der Waals surface area contributed by atoms with Gasteiger partial charge in [-0.25, -0.2) is 4.79 Å². The first-order valence-electron chi connectivity index (χ1n) is 12.3. The number of hydrogen-bond donors (Lipinski definition) is 0. The van der Waals surface area contributed by atoms with Crippen LogP contribution in [0.5, 0.6) is 0 Å². The summed E-state index contributed by atoms with van der Waals surface area (Å²) in [5, 5.41) is 0. The van der Waals surface area contributed by atoms with Crippen molar-refractivity contribution in [1.82, 2.24) is 0 Å². The molecule has 178 valence electrons. The molecule has 1 aliphatic heterocycles. The molecule has 4 unspecified atom stereocenters. The van der Waals surface area contributed by atoms with E-state index in [1.54, 1.807) is 18.2 Å². The number of ether oxygens (including phenoxy) is 2. The lowest BCUT2D eigenvalue weighted by Gasteiger charge is -2.20. The maximum Gasteiger partial charge on any atom is 0.338 e. The number of carbonyl (C=O) groups is 3. The summed E-state index contributed by atoms with van der Waals surface area (Å²) in [6, 6.07) is 17.3. The summed E-state index contributed by atoms with van der Waals surface area (Å²) < 4.78 is 11.3. The third-order valence-corrected chi connectivity index (χ3v) is 6.82. The maximum absolute atomic E-state index is 12.9. The van der Waals surface area contributed by atoms with E-state index in [0.29, 0.717) is 24.8 Å². The van der Waals surface area contributed by atoms with E-state index in [0.717, 1.165) is 36.8 Å². The van der Waals surface area contributed by atoms with Crippen molar-refractivity contribution in [2.75, 3.05) is 0 Å². The van der Waals surface area contributed by atoms with Gasteiger partial charge in [0.25, 0.3) is 0 Å². The van der Waals surface area contributed by atoms with Crippen molar-refractivity contribution >= 4 is 17.7 Å². The van der Waals surface area contributed by atoms with Crippen molar-refractivity contribution in [1.29, 1.82) is 0 Å². The molecular formula is C29H32O5. The number of carbonyl (C=O) groups excluding carboxylic acids is 3. The van der Waals surface area contributed by atoms with E-state index < -0.39 is 12.1 Å². The van der Waals surface area contributed by atoms with Gasteiger partial charge in [0, 0.05) is 24.7 Å². The summed E-state index contributed by atoms with van der Waals surface area (Å²) in [5.41, 5.74) is 2.58. The van der Waals surface area contributed by atoms with Crippen LogP contribution in [-0.4, -0.2) is 29.9 Å². The minimum Gasteiger partial charge on any atom is -0.462 e. The molecule has 1 heterocycles. The Hall–Kier alpha value is -3.21. The van der Waals surface area contributed by atoms with E-state index in [1.807, 2.05) is 48.5 Å². The maximum atomic E-state index is 12.9. The number of hydrogen-bond acceptors (Lipinski definition) is 5. The molecule has 1 saturated carbocycles. The Morgan fingerprint density at radius 2 is 1.74 bits per heavy atom. The van der Waals surface area contributed by atoms with Gasteiger partial charge in [-0.2, -0.15) is 0 Å². The van der Waals surface area contributed by atoms with Crippen LogP contribution < -0.4 is 0 Å². The highest BCUT2D eigenvalue weighted by Gasteiger charge is 2.50. The molecule has 1 saturated heterocycles. The smallest absolute Gasteiger partial charge is 0.338 e. The van der Waals surface area contributed by atoms with Gasteiger partial charge in [0.1, 0.15) is 12.2 Å². The minimum atomic E-state index is -0.423. The molecule has 1 aliphatic carbocycles. The highest BCUT2D eigenvalue weighted by Crippen LogP contribution is 2.43. The predicted octanol–water partition coefficient (Wildman–Crippen LogP) is 5.93. The molecule has 0 aromatic heterocycles. The fraction of sp³-hybridized carbons (Fsp3) is 0.414. The molecular weight excluding hydrogens is 428 g/mol. The quantitative estimate of drug-likeness (QED) is 0.250. The molecule has 4 atom stereocenters. The Kier molecular flexibility index (Phi) is 7.94. The molecule has 2 aliphatic rings. The zero-order valence-corrected chi connectivity index (χ0v) is 19.7. The van der Waals surface area contributed by atoms with Gasteiger partial charge in [-0.3, -0.25) is 9.59 Å². The molecule has 0 radical (unpaired) electrons. The molecule has 4 rings (SSSR count). The fourth-order valence-corrected chi connectivity index (χ4v) is 4.95. The second-order valence-electron chi connectivity index (χ2n) is 9.23. The monoisotopic (exact) mass is 460 g/mol. The Labute approximate surface area is 201 Å². The highest BCUT2D eigenvalue weighted by molar-refractivity contribution is 5.91. The van der Waals surface area contributed by atoms with Gasteiger partial charge < -0.3 is 9.47 Å². The topological polar surface area (TPSA) is 69.7 Å². The molecule has 2 aromatic rings. The highest BCUT2D eigenvalue weighted by atomic mass is 16.6. The summed E-state index contributed by atoms with van der Waals surface area (Å²) >= 11 is 0. The largest absolute Gasteiger partial charge is 0.462 e. The van der Waals surface area contributed by atoms with Crippen molar-refractivity contribution in [2.24, 2.45) is 11.8 Å². The second-order valence-corrected chi connectivity index (χ2v) is 9.23. The van der Waals surface area contributed by atoms with Gasteiger partial charge in [0.15, 0.2) is 5.78 Å². The van der Waals surface area contributed by atoms with E-state index in [2.05, 4.69) is 6.92 Å². The van der Waals surface area contributed by atoms with Gasteiger partial charge in [-0.15, -0.1) is 0 Å². The second kappa shape index (κ2) is 11.3. The molecule has 0 spiro atoms. The van der Waals surface area contributed by atoms with Crippen LogP contribution in [0.2, 0.25) is 0 Å². The van der Waals surface area contributed by atoms with Crippen LogP contribution in [0.1, 0.15) is 62.2 Å². The van der Waals surface area contributed by atoms with Gasteiger partial charge in [-0.05, 0) is 35.8 Å². The molecule has 2 aromatic carbocycles. The van der Waals surface area contributed by atoms with Crippen LogP contribution in [-0.2, 0) is 19.1 Å². The van der Waals surface area contributed by atoms with Crippen LogP contribution >= 0.6 is 0 Å². The molecule has 0 amide bonds. The van der Waals surface area contributed by atoms with E-state index in [4.69, 9.17) is 9.47 Å². The SMILES string of the molecule is CCCCCCC(=O)/C=C/C1C(OC(=O)c2ccc(-c3ccccc3)cc2)CC2OC(=O)CC21. The van der Waals surface area contributed by atoms with Crippen molar-refractivity contribution < 1.29 is 23.9 Å². The Balaban J connectivity index is 1.41. The summed E-state index contributed by atoms with van der Waals surface area (Å²) in [7, 11) is 0. The molecule has 2 fully saturated rings. The number of allylic oxidation sites excluding steroid dienone is 1. The lowest BCUT2D eigenvalue weighted by atomic mass is 9.91. The Morgan fingerprint density at radius 1 is 1.00 bits per heavy atom. The number of ketones is 1. The lowest BCUT2D eigenvalue weighted by Crippen LogP contribution is -2.25. The average Bonchev–Trinajstić information content (AvgIpc) is 3.36. The number of rotatable bonds is 10. The van der Waals surface area contributed by atoms with E-state index >= 15 is 0 Å². The van der Waals surface area contributed by atoms with Crippen LogP contribution in [0, 0.1) is 11.8 Å². The van der Waals surface area contributed by atoms with E-state index in [9.17, 15) is 14.4 Å². The first kappa shape index (κ1) is 23.9. The molecule has 0 bridgehead atoms. The first-order valence-corrected chi connectivity index (χ1v) is 12.3. The minimum absolute atomic E-state index is 0.0603. The zero-order chi connectivity index (χ0) is 23.9. The van der Waals surface area contributed by atoms with Crippen molar-refractivity contribution in [3.8, 4) is 11.1 Å². The summed E-state index contributed by atoms with van der Waals surface area (Å²) in [5.74, 6) is -0.814. The normalized spacial score (nSPS) is 23.6. The molecule has 0 N–H and O–H groups in total. The summed E-state index contributed by atoms with van der Waals surface area (Å²) in [4.78, 5) is 37.0. The lowest BCUT2D eigenvalue weighted by molar-refractivity contribution is -0.141. The number of fused-ring (bicyclic) bond motifs is 1. The van der Waals surface area contributed by atoms with Crippen LogP contribution in [0.15, 0.2) is 66.7 Å². The van der Waals surface area contributed by atoms with Crippen LogP contribution in [0.4, 0.5) is 0 Å². The van der Waals surface area contributed by atoms with E-state index in [-0.39, 0.29) is 29.7 Å². The van der Waals surface area contributed by atoms with Crippen LogP contribution in [0.3, 0.4) is 0 Å². The third-order valence-electron chi connectivity index (χ3n) is 6.82. The first-order chi connectivity index (χ1) is 16.5. The average molecular weight is 461 g/mol. The molecule has 5 nitrogen and oxygen atoms in total. The Bertz CT molecular complexity index is 1020. The van der Waals surface area contributed by atoms with E-state index in [1.165, 1.54) is 0 Å². The van der Waals surface area contributed by atoms with Gasteiger partial charge in [0.05, 0.1) is 12.0 Å². The summed E-state index contributed by atoms with van der Waals surface area (Å²) in [6.07, 6.45) is 8.23. The van der Waals surface area contributed by atoms with Gasteiger partial charge >= 0.3 is 11.9 Å². The zero-order valence-electron chi connectivity index (χ0n) is 19.7. The summed E-state index contributed by atoms with van der Waals surface area (Å²) in [6.45, 7) is 2.14. The van der Waals surface area contributed by atoms with Crippen LogP contribution in [0.25, 0.3) is 11.1 Å². The number of benzene rings is 2.